The van der Waals surface area contributed by atoms with Crippen molar-refractivity contribution in [1.82, 2.24) is 4.90 Å². The number of rotatable bonds is 5. The topological polar surface area (TPSA) is 29.5 Å². The number of carbonyl (C=O) groups is 1. The standard InChI is InChI=1S/C10H20NO2Si/c1-5-7-11(8-14)9(12)13-10(3,4)6-2/h5-8H2,1-4H3. The molecule has 0 rings (SSSR count). The van der Waals surface area contributed by atoms with Gasteiger partial charge in [0, 0.05) is 12.7 Å². The molecule has 0 aromatic carbocycles. The molecule has 0 saturated carbocycles. The highest BCUT2D eigenvalue weighted by Gasteiger charge is 2.23. The van der Waals surface area contributed by atoms with E-state index < -0.39 is 0 Å². The Hall–Kier alpha value is -0.513. The van der Waals surface area contributed by atoms with E-state index >= 15 is 0 Å². The van der Waals surface area contributed by atoms with Crippen LogP contribution >= 0.6 is 0 Å². The van der Waals surface area contributed by atoms with Crippen molar-refractivity contribution < 1.29 is 9.53 Å². The summed E-state index contributed by atoms with van der Waals surface area (Å²) in [6, 6.07) is 0. The number of hydrogen-bond donors (Lipinski definition) is 0. The van der Waals surface area contributed by atoms with Gasteiger partial charge in [0.05, 0.1) is 10.2 Å². The van der Waals surface area contributed by atoms with Gasteiger partial charge in [0.25, 0.3) is 0 Å². The summed E-state index contributed by atoms with van der Waals surface area (Å²) in [6.07, 6.45) is 2.03. The molecule has 4 heteroatoms. The highest BCUT2D eigenvalue weighted by Crippen LogP contribution is 2.15. The van der Waals surface area contributed by atoms with E-state index in [1.165, 1.54) is 0 Å². The second-order valence-electron chi connectivity index (χ2n) is 3.90. The quantitative estimate of drug-likeness (QED) is 0.656. The van der Waals surface area contributed by atoms with E-state index in [0.717, 1.165) is 19.4 Å². The van der Waals surface area contributed by atoms with Crippen LogP contribution in [0, 0.1) is 0 Å². The molecule has 0 heterocycles. The Kier molecular flexibility index (Phi) is 5.84. The summed E-state index contributed by atoms with van der Waals surface area (Å²) in [7, 11) is 3.32. The maximum atomic E-state index is 11.6. The molecule has 0 unspecified atom stereocenters. The molecule has 0 aromatic rings. The predicted molar refractivity (Wildman–Crippen MR) is 58.5 cm³/mol. The highest BCUT2D eigenvalue weighted by atomic mass is 28.1. The monoisotopic (exact) mass is 214 g/mol. The van der Waals surface area contributed by atoms with Gasteiger partial charge in [-0.15, -0.1) is 0 Å². The van der Waals surface area contributed by atoms with E-state index in [2.05, 4.69) is 10.2 Å². The number of carbonyl (C=O) groups excluding carboxylic acids is 1. The number of hydrogen-bond acceptors (Lipinski definition) is 2. The van der Waals surface area contributed by atoms with Crippen LogP contribution in [-0.4, -0.2) is 39.5 Å². The van der Waals surface area contributed by atoms with Gasteiger partial charge in [-0.05, 0) is 26.7 Å². The Morgan fingerprint density at radius 1 is 1.43 bits per heavy atom. The van der Waals surface area contributed by atoms with Gasteiger partial charge in [-0.25, -0.2) is 4.79 Å². The van der Waals surface area contributed by atoms with Crippen molar-refractivity contribution in [2.75, 3.05) is 12.7 Å². The van der Waals surface area contributed by atoms with Crippen LogP contribution in [0.4, 0.5) is 4.79 Å². The van der Waals surface area contributed by atoms with Crippen LogP contribution in [0.3, 0.4) is 0 Å². The first-order chi connectivity index (χ1) is 6.46. The minimum absolute atomic E-state index is 0.242. The first-order valence-corrected chi connectivity index (χ1v) is 5.80. The SMILES string of the molecule is CCCN(C[Si])C(=O)OC(C)(C)CC. The van der Waals surface area contributed by atoms with Crippen molar-refractivity contribution in [3.8, 4) is 0 Å². The van der Waals surface area contributed by atoms with Gasteiger partial charge in [-0.3, -0.25) is 0 Å². The van der Waals surface area contributed by atoms with Crippen molar-refractivity contribution in [3.63, 3.8) is 0 Å². The van der Waals surface area contributed by atoms with Crippen LogP contribution in [-0.2, 0) is 4.74 Å². The fourth-order valence-corrected chi connectivity index (χ4v) is 1.17. The summed E-state index contributed by atoms with van der Waals surface area (Å²) in [4.78, 5) is 13.3. The second-order valence-corrected chi connectivity index (χ2v) is 4.22. The molecule has 81 valence electrons. The van der Waals surface area contributed by atoms with Crippen molar-refractivity contribution in [1.29, 1.82) is 0 Å². The third-order valence-corrected chi connectivity index (χ3v) is 2.54. The average Bonchev–Trinajstić information content (AvgIpc) is 2.13. The Balaban J connectivity index is 4.16. The van der Waals surface area contributed by atoms with Gasteiger partial charge in [-0.2, -0.15) is 0 Å². The molecular formula is C10H20NO2Si. The van der Waals surface area contributed by atoms with Crippen molar-refractivity contribution in [2.24, 2.45) is 0 Å². The van der Waals surface area contributed by atoms with Crippen LogP contribution < -0.4 is 0 Å². The van der Waals surface area contributed by atoms with Crippen LogP contribution in [0.5, 0.6) is 0 Å². The van der Waals surface area contributed by atoms with Gasteiger partial charge < -0.3 is 9.64 Å². The first kappa shape index (κ1) is 13.5. The fourth-order valence-electron chi connectivity index (χ4n) is 0.878. The molecule has 1 amide bonds. The van der Waals surface area contributed by atoms with Crippen LogP contribution in [0.1, 0.15) is 40.5 Å². The van der Waals surface area contributed by atoms with E-state index in [1.807, 2.05) is 27.7 Å². The molecule has 0 N–H and O–H groups in total. The lowest BCUT2D eigenvalue weighted by atomic mass is 10.1. The third-order valence-electron chi connectivity index (χ3n) is 2.16. The smallest absolute Gasteiger partial charge is 0.409 e. The maximum absolute atomic E-state index is 11.6. The summed E-state index contributed by atoms with van der Waals surface area (Å²) in [5.74, 6) is 0. The number of amides is 1. The lowest BCUT2D eigenvalue weighted by molar-refractivity contribution is 0.0144. The zero-order valence-electron chi connectivity index (χ0n) is 9.59. The molecule has 0 spiro atoms. The maximum Gasteiger partial charge on any atom is 0.409 e. The number of ether oxygens (including phenoxy) is 1. The van der Waals surface area contributed by atoms with Crippen LogP contribution in [0.2, 0.25) is 0 Å². The lowest BCUT2D eigenvalue weighted by Gasteiger charge is -2.28. The largest absolute Gasteiger partial charge is 0.443 e. The molecule has 0 aliphatic rings. The summed E-state index contributed by atoms with van der Waals surface area (Å²) >= 11 is 0. The molecule has 14 heavy (non-hydrogen) atoms. The molecule has 3 radical (unpaired) electrons. The number of nitrogens with zero attached hydrogens (tertiary/aromatic N) is 1. The highest BCUT2D eigenvalue weighted by molar-refractivity contribution is 6.09. The zero-order valence-corrected chi connectivity index (χ0v) is 10.6. The summed E-state index contributed by atoms with van der Waals surface area (Å²) in [6.45, 7) is 8.60. The summed E-state index contributed by atoms with van der Waals surface area (Å²) < 4.78 is 5.35. The Labute approximate surface area is 90.2 Å². The van der Waals surface area contributed by atoms with Crippen molar-refractivity contribution in [3.05, 3.63) is 0 Å². The minimum atomic E-state index is -0.371. The molecule has 0 aliphatic carbocycles. The molecule has 0 aromatic heterocycles. The third kappa shape index (κ3) is 4.65. The molecule has 0 saturated heterocycles. The molecular weight excluding hydrogens is 194 g/mol. The predicted octanol–water partition coefficient (Wildman–Crippen LogP) is 2.15. The molecule has 0 bridgehead atoms. The van der Waals surface area contributed by atoms with Gasteiger partial charge in [0.2, 0.25) is 0 Å². The van der Waals surface area contributed by atoms with Gasteiger partial charge in [0.1, 0.15) is 5.60 Å². The zero-order chi connectivity index (χ0) is 11.2. The lowest BCUT2D eigenvalue weighted by Crippen LogP contribution is -2.38. The van der Waals surface area contributed by atoms with E-state index in [-0.39, 0.29) is 11.7 Å². The Morgan fingerprint density at radius 2 is 2.00 bits per heavy atom. The minimum Gasteiger partial charge on any atom is -0.443 e. The fraction of sp³-hybridized carbons (Fsp3) is 0.900. The molecule has 3 nitrogen and oxygen atoms in total. The molecule has 0 atom stereocenters. The van der Waals surface area contributed by atoms with Gasteiger partial charge in [-0.1, -0.05) is 13.8 Å². The van der Waals surface area contributed by atoms with Gasteiger partial charge in [0.15, 0.2) is 0 Å². The van der Waals surface area contributed by atoms with E-state index in [9.17, 15) is 4.79 Å². The molecule has 0 fully saturated rings. The van der Waals surface area contributed by atoms with E-state index in [1.54, 1.807) is 4.90 Å². The Bertz CT molecular complexity index is 183. The van der Waals surface area contributed by atoms with Crippen molar-refractivity contribution >= 4 is 16.3 Å². The molecule has 0 aliphatic heterocycles. The Morgan fingerprint density at radius 3 is 2.36 bits per heavy atom. The second kappa shape index (κ2) is 6.06. The average molecular weight is 214 g/mol. The van der Waals surface area contributed by atoms with Crippen LogP contribution in [0.25, 0.3) is 0 Å². The first-order valence-electron chi connectivity index (χ1n) is 5.09. The van der Waals surface area contributed by atoms with E-state index in [4.69, 9.17) is 4.74 Å². The van der Waals surface area contributed by atoms with Crippen LogP contribution in [0.15, 0.2) is 0 Å². The van der Waals surface area contributed by atoms with Crippen molar-refractivity contribution in [2.45, 2.75) is 46.1 Å². The van der Waals surface area contributed by atoms with E-state index in [0.29, 0.717) is 6.17 Å². The summed E-state index contributed by atoms with van der Waals surface area (Å²) in [5, 5.41) is 0. The normalized spacial score (nSPS) is 11.2. The van der Waals surface area contributed by atoms with Gasteiger partial charge >= 0.3 is 6.09 Å². The summed E-state index contributed by atoms with van der Waals surface area (Å²) in [5.41, 5.74) is -0.371.